The van der Waals surface area contributed by atoms with Crippen LogP contribution in [0, 0.1) is 0 Å². The number of ketones is 1. The van der Waals surface area contributed by atoms with E-state index in [2.05, 4.69) is 25.2 Å². The summed E-state index contributed by atoms with van der Waals surface area (Å²) in [6.45, 7) is 3.90. The van der Waals surface area contributed by atoms with Gasteiger partial charge in [-0.25, -0.2) is 9.97 Å². The van der Waals surface area contributed by atoms with Crippen LogP contribution in [0.2, 0.25) is 0 Å². The molecule has 4 rings (SSSR count). The Morgan fingerprint density at radius 3 is 2.60 bits per heavy atom. The predicted molar refractivity (Wildman–Crippen MR) is 155 cm³/mol. The average Bonchev–Trinajstić information content (AvgIpc) is 2.98. The lowest BCUT2D eigenvalue weighted by atomic mass is 10.0. The molecule has 11 heteroatoms. The van der Waals surface area contributed by atoms with Crippen LogP contribution < -0.4 is 27.4 Å². The Hall–Kier alpha value is -3.93. The fraction of sp³-hybridized carbons (Fsp3) is 0.414. The average molecular weight is 547 g/mol. The second-order valence-electron chi connectivity index (χ2n) is 9.82. The number of carbonyl (C=O) groups excluding carboxylic acids is 2. The number of benzene rings is 1. The highest BCUT2D eigenvalue weighted by Crippen LogP contribution is 2.24. The molecule has 1 aliphatic rings. The molecule has 11 nitrogen and oxygen atoms in total. The molecule has 1 aromatic carbocycles. The summed E-state index contributed by atoms with van der Waals surface area (Å²) in [5.41, 5.74) is 21.8. The highest BCUT2D eigenvalue weighted by Gasteiger charge is 2.20. The Kier molecular flexibility index (Phi) is 10.5. The maximum Gasteiger partial charge on any atom is 0.236 e. The van der Waals surface area contributed by atoms with E-state index in [1.165, 1.54) is 0 Å². The van der Waals surface area contributed by atoms with Crippen molar-refractivity contribution in [2.24, 2.45) is 11.5 Å². The van der Waals surface area contributed by atoms with Crippen molar-refractivity contribution in [3.8, 4) is 11.3 Å². The van der Waals surface area contributed by atoms with Crippen LogP contribution in [0.25, 0.3) is 11.3 Å². The van der Waals surface area contributed by atoms with Gasteiger partial charge in [0.1, 0.15) is 5.69 Å². The minimum absolute atomic E-state index is 0.0964. The van der Waals surface area contributed by atoms with Crippen LogP contribution in [-0.4, -0.2) is 72.1 Å². The molecule has 1 fully saturated rings. The molecular weight excluding hydrogens is 508 g/mol. The number of pyridine rings is 1. The summed E-state index contributed by atoms with van der Waals surface area (Å²) in [5.74, 6) is -0.270. The van der Waals surface area contributed by atoms with Crippen LogP contribution in [0.15, 0.2) is 48.9 Å². The summed E-state index contributed by atoms with van der Waals surface area (Å²) in [6, 6.07) is 9.17. The van der Waals surface area contributed by atoms with E-state index in [-0.39, 0.29) is 29.6 Å². The highest BCUT2D eigenvalue weighted by molar-refractivity contribution is 6.00. The maximum atomic E-state index is 13.3. The Morgan fingerprint density at radius 2 is 1.85 bits per heavy atom. The molecule has 0 aliphatic carbocycles. The van der Waals surface area contributed by atoms with Gasteiger partial charge in [0.15, 0.2) is 11.6 Å². The summed E-state index contributed by atoms with van der Waals surface area (Å²) in [5, 5.41) is 2.89. The number of hydrogen-bond donors (Lipinski definition) is 4. The Labute approximate surface area is 234 Å². The minimum atomic E-state index is -0.515. The third kappa shape index (κ3) is 7.81. The fourth-order valence-electron chi connectivity index (χ4n) is 4.61. The predicted octanol–water partition coefficient (Wildman–Crippen LogP) is 1.50. The summed E-state index contributed by atoms with van der Waals surface area (Å²) in [7, 11) is 0. The number of nitrogens with one attached hydrogen (secondary N) is 1. The molecule has 212 valence electrons. The van der Waals surface area contributed by atoms with Gasteiger partial charge in [0.25, 0.3) is 0 Å². The monoisotopic (exact) mass is 546 g/mol. The number of hydrogen-bond acceptors (Lipinski definition) is 10. The largest absolute Gasteiger partial charge is 0.382 e. The van der Waals surface area contributed by atoms with Crippen molar-refractivity contribution in [1.82, 2.24) is 20.3 Å². The molecule has 0 unspecified atom stereocenters. The molecule has 0 spiro atoms. The minimum Gasteiger partial charge on any atom is -0.382 e. The van der Waals surface area contributed by atoms with E-state index in [0.29, 0.717) is 44.8 Å². The standard InChI is InChI=1S/C29H38N8O3/c30-10-2-1-3-23(31)29(39)34-12-8-20-4-6-21(7-5-20)24-19-35-28(32)27(36-24)26(38)17-22-18-33-11-9-25(22)37-13-15-40-16-14-37/h4-7,9,11,18-19,23H,1-3,8,10,12-17,30-31H2,(H2,32,35)(H,34,39)/t23-/m0/s1. The maximum absolute atomic E-state index is 13.3. The molecule has 2 aromatic heterocycles. The first kappa shape index (κ1) is 29.1. The zero-order valence-corrected chi connectivity index (χ0v) is 22.7. The van der Waals surface area contributed by atoms with E-state index in [1.807, 2.05) is 30.3 Å². The van der Waals surface area contributed by atoms with Crippen molar-refractivity contribution >= 4 is 23.2 Å². The molecule has 1 aliphatic heterocycles. The first-order valence-electron chi connectivity index (χ1n) is 13.7. The number of morpholine rings is 1. The Bertz CT molecular complexity index is 1280. The number of unbranched alkanes of at least 4 members (excludes halogenated alkanes) is 1. The quantitative estimate of drug-likeness (QED) is 0.182. The number of aromatic nitrogens is 3. The number of ether oxygens (including phenoxy) is 1. The number of carbonyl (C=O) groups is 2. The van der Waals surface area contributed by atoms with Gasteiger partial charge in [-0.2, -0.15) is 0 Å². The zero-order chi connectivity index (χ0) is 28.3. The number of rotatable bonds is 13. The fourth-order valence-corrected chi connectivity index (χ4v) is 4.61. The van der Waals surface area contributed by atoms with E-state index >= 15 is 0 Å². The number of nitrogen functional groups attached to an aromatic ring is 1. The second-order valence-corrected chi connectivity index (χ2v) is 9.82. The van der Waals surface area contributed by atoms with Gasteiger partial charge in [0.2, 0.25) is 5.91 Å². The lowest BCUT2D eigenvalue weighted by molar-refractivity contribution is -0.122. The lowest BCUT2D eigenvalue weighted by Crippen LogP contribution is -2.41. The van der Waals surface area contributed by atoms with E-state index < -0.39 is 6.04 Å². The molecule has 1 saturated heterocycles. The van der Waals surface area contributed by atoms with Gasteiger partial charge >= 0.3 is 0 Å². The van der Waals surface area contributed by atoms with Gasteiger partial charge in [-0.3, -0.25) is 14.6 Å². The van der Waals surface area contributed by atoms with Crippen LogP contribution in [0.5, 0.6) is 0 Å². The first-order chi connectivity index (χ1) is 19.5. The van der Waals surface area contributed by atoms with Crippen molar-refractivity contribution in [2.75, 3.05) is 50.0 Å². The number of anilines is 2. The zero-order valence-electron chi connectivity index (χ0n) is 22.7. The van der Waals surface area contributed by atoms with Crippen molar-refractivity contribution in [1.29, 1.82) is 0 Å². The molecule has 0 radical (unpaired) electrons. The summed E-state index contributed by atoms with van der Waals surface area (Å²) in [4.78, 5) is 40.7. The van der Waals surface area contributed by atoms with Crippen LogP contribution in [-0.2, 0) is 22.4 Å². The molecule has 40 heavy (non-hydrogen) atoms. The van der Waals surface area contributed by atoms with Gasteiger partial charge < -0.3 is 32.2 Å². The van der Waals surface area contributed by atoms with Crippen molar-refractivity contribution in [2.45, 2.75) is 38.1 Å². The third-order valence-corrected chi connectivity index (χ3v) is 6.91. The van der Waals surface area contributed by atoms with Crippen molar-refractivity contribution in [3.05, 3.63) is 65.7 Å². The SMILES string of the molecule is NCCCC[C@H](N)C(=O)NCCc1ccc(-c2cnc(N)c(C(=O)Cc3cnccc3N3CCOCC3)n2)cc1. The van der Waals surface area contributed by atoms with Gasteiger partial charge in [-0.05, 0) is 37.4 Å². The summed E-state index contributed by atoms with van der Waals surface area (Å²) >= 11 is 0. The van der Waals surface area contributed by atoms with Crippen molar-refractivity contribution in [3.63, 3.8) is 0 Å². The van der Waals surface area contributed by atoms with Gasteiger partial charge in [0.05, 0.1) is 31.1 Å². The van der Waals surface area contributed by atoms with E-state index in [0.717, 1.165) is 48.3 Å². The third-order valence-electron chi connectivity index (χ3n) is 6.91. The second kappa shape index (κ2) is 14.5. The Balaban J connectivity index is 1.37. The number of nitrogens with zero attached hydrogens (tertiary/aromatic N) is 4. The summed E-state index contributed by atoms with van der Waals surface area (Å²) < 4.78 is 5.46. The van der Waals surface area contributed by atoms with Crippen LogP contribution in [0.1, 0.15) is 40.9 Å². The number of amides is 1. The highest BCUT2D eigenvalue weighted by atomic mass is 16.5. The van der Waals surface area contributed by atoms with Gasteiger partial charge in [0, 0.05) is 55.3 Å². The van der Waals surface area contributed by atoms with E-state index in [4.69, 9.17) is 21.9 Å². The summed E-state index contributed by atoms with van der Waals surface area (Å²) in [6.07, 6.45) is 8.12. The van der Waals surface area contributed by atoms with Crippen LogP contribution in [0.3, 0.4) is 0 Å². The molecule has 0 saturated carbocycles. The molecule has 0 bridgehead atoms. The van der Waals surface area contributed by atoms with Gasteiger partial charge in [-0.1, -0.05) is 30.7 Å². The molecule has 1 atom stereocenters. The Morgan fingerprint density at radius 1 is 1.07 bits per heavy atom. The van der Waals surface area contributed by atoms with Crippen LogP contribution in [0.4, 0.5) is 11.5 Å². The molecule has 7 N–H and O–H groups in total. The lowest BCUT2D eigenvalue weighted by Gasteiger charge is -2.30. The van der Waals surface area contributed by atoms with Crippen molar-refractivity contribution < 1.29 is 14.3 Å². The molecule has 3 heterocycles. The smallest absolute Gasteiger partial charge is 0.236 e. The number of Topliss-reactive ketones (excluding diaryl/α,β-unsaturated/α-hetero) is 1. The molecule has 1 amide bonds. The van der Waals surface area contributed by atoms with E-state index in [1.54, 1.807) is 18.6 Å². The number of nitrogens with two attached hydrogens (primary N) is 3. The first-order valence-corrected chi connectivity index (χ1v) is 13.7. The molecular formula is C29H38N8O3. The van der Waals surface area contributed by atoms with E-state index in [9.17, 15) is 9.59 Å². The normalized spacial score (nSPS) is 14.1. The molecule has 3 aromatic rings. The topological polar surface area (TPSA) is 175 Å². The van der Waals surface area contributed by atoms with Crippen LogP contribution >= 0.6 is 0 Å². The van der Waals surface area contributed by atoms with Gasteiger partial charge in [-0.15, -0.1) is 0 Å².